The van der Waals surface area contributed by atoms with Crippen molar-refractivity contribution in [2.24, 2.45) is 5.73 Å². The number of hydrogen-bond donors (Lipinski definition) is 1. The summed E-state index contributed by atoms with van der Waals surface area (Å²) >= 11 is 0. The van der Waals surface area contributed by atoms with E-state index in [0.717, 1.165) is 32.7 Å². The monoisotopic (exact) mass is 242 g/mol. The van der Waals surface area contributed by atoms with Crippen molar-refractivity contribution in [1.82, 2.24) is 4.90 Å². The molecule has 0 spiro atoms. The molecule has 0 bridgehead atoms. The van der Waals surface area contributed by atoms with Crippen LogP contribution in [-0.4, -0.2) is 56.5 Å². The highest BCUT2D eigenvalue weighted by Crippen LogP contribution is 2.28. The van der Waals surface area contributed by atoms with Gasteiger partial charge in [0, 0.05) is 32.3 Å². The van der Waals surface area contributed by atoms with Crippen molar-refractivity contribution >= 4 is 0 Å². The quantitative estimate of drug-likeness (QED) is 0.706. The highest BCUT2D eigenvalue weighted by atomic mass is 16.5. The van der Waals surface area contributed by atoms with E-state index in [1.165, 1.54) is 25.7 Å². The van der Waals surface area contributed by atoms with Crippen LogP contribution in [0.5, 0.6) is 0 Å². The number of hydrogen-bond acceptors (Lipinski definition) is 4. The molecule has 4 heteroatoms. The molecule has 1 aliphatic heterocycles. The van der Waals surface area contributed by atoms with E-state index in [-0.39, 0.29) is 0 Å². The Hall–Kier alpha value is -0.160. The van der Waals surface area contributed by atoms with Crippen LogP contribution in [0.4, 0.5) is 0 Å². The fraction of sp³-hybridized carbons (Fsp3) is 1.00. The number of nitrogens with two attached hydrogens (primary N) is 1. The molecule has 17 heavy (non-hydrogen) atoms. The Morgan fingerprint density at radius 2 is 2.12 bits per heavy atom. The molecule has 2 aliphatic rings. The molecule has 0 radical (unpaired) electrons. The first-order valence-corrected chi connectivity index (χ1v) is 7.05. The van der Waals surface area contributed by atoms with Crippen molar-refractivity contribution in [2.75, 3.05) is 39.5 Å². The summed E-state index contributed by atoms with van der Waals surface area (Å²) in [7, 11) is 0. The Bertz CT molecular complexity index is 212. The first-order chi connectivity index (χ1) is 8.42. The number of rotatable bonds is 6. The molecular formula is C13H26N2O2. The van der Waals surface area contributed by atoms with Crippen LogP contribution in [0.2, 0.25) is 0 Å². The van der Waals surface area contributed by atoms with Gasteiger partial charge in [-0.1, -0.05) is 12.8 Å². The molecule has 0 aromatic rings. The third-order valence-electron chi connectivity index (χ3n) is 3.84. The minimum absolute atomic E-state index is 0.502. The molecular weight excluding hydrogens is 216 g/mol. The predicted molar refractivity (Wildman–Crippen MR) is 68.1 cm³/mol. The molecule has 4 nitrogen and oxygen atoms in total. The fourth-order valence-electron chi connectivity index (χ4n) is 3.01. The third-order valence-corrected chi connectivity index (χ3v) is 3.84. The van der Waals surface area contributed by atoms with Gasteiger partial charge in [0.2, 0.25) is 0 Å². The summed E-state index contributed by atoms with van der Waals surface area (Å²) in [5.74, 6) is 0. The lowest BCUT2D eigenvalue weighted by Gasteiger charge is -2.43. The van der Waals surface area contributed by atoms with Gasteiger partial charge in [0.15, 0.2) is 0 Å². The van der Waals surface area contributed by atoms with Crippen LogP contribution in [0.15, 0.2) is 0 Å². The van der Waals surface area contributed by atoms with Gasteiger partial charge in [-0.05, 0) is 19.3 Å². The second kappa shape index (κ2) is 7.31. The van der Waals surface area contributed by atoms with Crippen LogP contribution in [-0.2, 0) is 9.47 Å². The lowest BCUT2D eigenvalue weighted by atomic mass is 9.90. The Kier molecular flexibility index (Phi) is 5.71. The van der Waals surface area contributed by atoms with Gasteiger partial charge in [-0.2, -0.15) is 0 Å². The van der Waals surface area contributed by atoms with Crippen molar-refractivity contribution < 1.29 is 9.47 Å². The summed E-state index contributed by atoms with van der Waals surface area (Å²) in [5.41, 5.74) is 5.39. The smallest absolute Gasteiger partial charge is 0.0730 e. The van der Waals surface area contributed by atoms with Gasteiger partial charge in [0.05, 0.1) is 19.3 Å². The van der Waals surface area contributed by atoms with Crippen molar-refractivity contribution in [1.29, 1.82) is 0 Å². The molecule has 2 fully saturated rings. The average molecular weight is 242 g/mol. The zero-order chi connectivity index (χ0) is 11.9. The van der Waals surface area contributed by atoms with Crippen LogP contribution >= 0.6 is 0 Å². The first-order valence-electron chi connectivity index (χ1n) is 7.05. The van der Waals surface area contributed by atoms with E-state index in [1.807, 2.05) is 0 Å². The summed E-state index contributed by atoms with van der Waals surface area (Å²) in [6, 6.07) is 0.673. The van der Waals surface area contributed by atoms with E-state index in [9.17, 15) is 0 Å². The van der Waals surface area contributed by atoms with Gasteiger partial charge in [-0.25, -0.2) is 0 Å². The molecule has 2 N–H and O–H groups in total. The van der Waals surface area contributed by atoms with Crippen molar-refractivity contribution in [2.45, 2.75) is 44.2 Å². The minimum atomic E-state index is 0.502. The van der Waals surface area contributed by atoms with Gasteiger partial charge in [0.1, 0.15) is 0 Å². The Morgan fingerprint density at radius 1 is 1.24 bits per heavy atom. The zero-order valence-electron chi connectivity index (χ0n) is 10.8. The SMILES string of the molecule is NCCOCCCN1CCOC2CCCCC21. The van der Waals surface area contributed by atoms with Crippen LogP contribution in [0.3, 0.4) is 0 Å². The molecule has 100 valence electrons. The van der Waals surface area contributed by atoms with E-state index in [1.54, 1.807) is 0 Å². The minimum Gasteiger partial charge on any atom is -0.380 e. The number of ether oxygens (including phenoxy) is 2. The summed E-state index contributed by atoms with van der Waals surface area (Å²) < 4.78 is 11.3. The van der Waals surface area contributed by atoms with Crippen LogP contribution in [0.1, 0.15) is 32.1 Å². The maximum absolute atomic E-state index is 5.87. The van der Waals surface area contributed by atoms with Crippen LogP contribution in [0, 0.1) is 0 Å². The van der Waals surface area contributed by atoms with Crippen molar-refractivity contribution in [3.05, 3.63) is 0 Å². The topological polar surface area (TPSA) is 47.7 Å². The number of morpholine rings is 1. The molecule has 2 atom stereocenters. The lowest BCUT2D eigenvalue weighted by molar-refractivity contribution is -0.0893. The molecule has 2 rings (SSSR count). The second-order valence-corrected chi connectivity index (χ2v) is 5.05. The van der Waals surface area contributed by atoms with Crippen molar-refractivity contribution in [3.8, 4) is 0 Å². The van der Waals surface area contributed by atoms with Gasteiger partial charge >= 0.3 is 0 Å². The summed E-state index contributed by atoms with van der Waals surface area (Å²) in [6.45, 7) is 5.31. The second-order valence-electron chi connectivity index (χ2n) is 5.05. The maximum Gasteiger partial charge on any atom is 0.0730 e. The van der Waals surface area contributed by atoms with E-state index in [2.05, 4.69) is 4.90 Å². The average Bonchev–Trinajstić information content (AvgIpc) is 2.39. The summed E-state index contributed by atoms with van der Waals surface area (Å²) in [4.78, 5) is 2.61. The first kappa shape index (κ1) is 13.3. The summed E-state index contributed by atoms with van der Waals surface area (Å²) in [6.07, 6.45) is 6.89. The van der Waals surface area contributed by atoms with Crippen LogP contribution < -0.4 is 5.73 Å². The summed E-state index contributed by atoms with van der Waals surface area (Å²) in [5, 5.41) is 0. The number of nitrogens with zero attached hydrogens (tertiary/aromatic N) is 1. The van der Waals surface area contributed by atoms with Gasteiger partial charge in [-0.3, -0.25) is 4.90 Å². The third kappa shape index (κ3) is 3.91. The molecule has 0 aromatic carbocycles. The van der Waals surface area contributed by atoms with E-state index >= 15 is 0 Å². The Labute approximate surface area is 104 Å². The van der Waals surface area contributed by atoms with Crippen molar-refractivity contribution in [3.63, 3.8) is 0 Å². The Balaban J connectivity index is 1.67. The fourth-order valence-corrected chi connectivity index (χ4v) is 3.01. The van der Waals surface area contributed by atoms with Gasteiger partial charge < -0.3 is 15.2 Å². The van der Waals surface area contributed by atoms with Crippen LogP contribution in [0.25, 0.3) is 0 Å². The molecule has 1 saturated heterocycles. The van der Waals surface area contributed by atoms with E-state index in [0.29, 0.717) is 25.3 Å². The standard InChI is InChI=1S/C13H26N2O2/c14-6-10-16-9-3-7-15-8-11-17-13-5-2-1-4-12(13)15/h12-13H,1-11,14H2. The largest absolute Gasteiger partial charge is 0.380 e. The highest BCUT2D eigenvalue weighted by Gasteiger charge is 2.33. The predicted octanol–water partition coefficient (Wildman–Crippen LogP) is 0.995. The maximum atomic E-state index is 5.87. The molecule has 0 aromatic heterocycles. The zero-order valence-corrected chi connectivity index (χ0v) is 10.8. The lowest BCUT2D eigenvalue weighted by Crippen LogP contribution is -2.52. The molecule has 1 heterocycles. The van der Waals surface area contributed by atoms with E-state index in [4.69, 9.17) is 15.2 Å². The highest BCUT2D eigenvalue weighted by molar-refractivity contribution is 4.87. The van der Waals surface area contributed by atoms with E-state index < -0.39 is 0 Å². The van der Waals surface area contributed by atoms with Gasteiger partial charge in [-0.15, -0.1) is 0 Å². The molecule has 1 aliphatic carbocycles. The number of fused-ring (bicyclic) bond motifs is 1. The Morgan fingerprint density at radius 3 is 3.00 bits per heavy atom. The van der Waals surface area contributed by atoms with Gasteiger partial charge in [0.25, 0.3) is 0 Å². The molecule has 0 amide bonds. The normalized spacial score (nSPS) is 30.2. The molecule has 2 unspecified atom stereocenters. The molecule has 1 saturated carbocycles.